The highest BCUT2D eigenvalue weighted by Gasteiger charge is 2.41. The Morgan fingerprint density at radius 1 is 1.42 bits per heavy atom. The summed E-state index contributed by atoms with van der Waals surface area (Å²) in [7, 11) is 0. The van der Waals surface area contributed by atoms with Crippen molar-refractivity contribution >= 4 is 11.3 Å². The minimum absolute atomic E-state index is 0.0933. The minimum Gasteiger partial charge on any atom is -0.388 e. The van der Waals surface area contributed by atoms with Gasteiger partial charge in [0.15, 0.2) is 0 Å². The van der Waals surface area contributed by atoms with Crippen LogP contribution in [0.1, 0.15) is 60.4 Å². The van der Waals surface area contributed by atoms with Crippen molar-refractivity contribution in [1.29, 1.82) is 0 Å². The van der Waals surface area contributed by atoms with E-state index in [0.717, 1.165) is 24.3 Å². The van der Waals surface area contributed by atoms with E-state index in [9.17, 15) is 5.11 Å². The van der Waals surface area contributed by atoms with Crippen molar-refractivity contribution in [2.24, 2.45) is 17.1 Å². The van der Waals surface area contributed by atoms with Crippen LogP contribution >= 0.6 is 11.3 Å². The molecule has 1 aliphatic carbocycles. The average molecular weight is 281 g/mol. The minimum atomic E-state index is -0.389. The Bertz CT molecular complexity index is 418. The smallest absolute Gasteiger partial charge is 0.0869 e. The lowest BCUT2D eigenvalue weighted by Gasteiger charge is -2.42. The van der Waals surface area contributed by atoms with Crippen LogP contribution in [-0.2, 0) is 0 Å². The van der Waals surface area contributed by atoms with E-state index < -0.39 is 0 Å². The summed E-state index contributed by atoms with van der Waals surface area (Å²) in [6.07, 6.45) is 5.43. The summed E-state index contributed by atoms with van der Waals surface area (Å²) in [4.78, 5) is 2.52. The molecular weight excluding hydrogens is 254 g/mol. The normalized spacial score (nSPS) is 29.4. The number of thiophene rings is 1. The van der Waals surface area contributed by atoms with Crippen molar-refractivity contribution in [3.05, 3.63) is 21.4 Å². The Morgan fingerprint density at radius 2 is 2.05 bits per heavy atom. The van der Waals surface area contributed by atoms with Crippen LogP contribution in [0.5, 0.6) is 0 Å². The summed E-state index contributed by atoms with van der Waals surface area (Å²) in [5, 5.41) is 10.9. The molecule has 2 rings (SSSR count). The van der Waals surface area contributed by atoms with Crippen LogP contribution in [-0.4, -0.2) is 11.7 Å². The molecule has 1 unspecified atom stereocenters. The summed E-state index contributed by atoms with van der Waals surface area (Å²) >= 11 is 1.77. The van der Waals surface area contributed by atoms with Crippen molar-refractivity contribution < 1.29 is 5.11 Å². The van der Waals surface area contributed by atoms with Crippen LogP contribution in [0.3, 0.4) is 0 Å². The van der Waals surface area contributed by atoms with Crippen molar-refractivity contribution in [2.75, 3.05) is 6.54 Å². The maximum Gasteiger partial charge on any atom is 0.0869 e. The molecule has 3 heteroatoms. The van der Waals surface area contributed by atoms with E-state index in [1.165, 1.54) is 29.0 Å². The molecule has 3 N–H and O–H groups in total. The molecule has 1 aromatic heterocycles. The zero-order valence-electron chi connectivity index (χ0n) is 12.4. The van der Waals surface area contributed by atoms with Crippen molar-refractivity contribution in [2.45, 2.75) is 59.0 Å². The van der Waals surface area contributed by atoms with Crippen molar-refractivity contribution in [3.8, 4) is 0 Å². The molecule has 1 aliphatic rings. The fourth-order valence-corrected chi connectivity index (χ4v) is 4.46. The molecule has 19 heavy (non-hydrogen) atoms. The third-order valence-corrected chi connectivity index (χ3v) is 6.02. The lowest BCUT2D eigenvalue weighted by atomic mass is 9.65. The second kappa shape index (κ2) is 5.94. The molecule has 2 nitrogen and oxygen atoms in total. The standard InChI is InChI=1S/C16H27NOS/c1-4-13-5-7-16(10-17,8-6-13)15(18)14-9-11(2)19-12(14)3/h9,13,15,18H,4-8,10,17H2,1-3H3. The van der Waals surface area contributed by atoms with Crippen LogP contribution < -0.4 is 5.73 Å². The number of aliphatic hydroxyl groups excluding tert-OH is 1. The number of hydrogen-bond acceptors (Lipinski definition) is 3. The maximum atomic E-state index is 10.9. The van der Waals surface area contributed by atoms with Crippen LogP contribution in [0.2, 0.25) is 0 Å². The first kappa shape index (κ1) is 15.0. The zero-order valence-corrected chi connectivity index (χ0v) is 13.2. The second-order valence-electron chi connectivity index (χ2n) is 6.19. The largest absolute Gasteiger partial charge is 0.388 e. The van der Waals surface area contributed by atoms with Crippen molar-refractivity contribution in [3.63, 3.8) is 0 Å². The van der Waals surface area contributed by atoms with E-state index in [0.29, 0.717) is 6.54 Å². The predicted octanol–water partition coefficient (Wildman–Crippen LogP) is 3.94. The molecule has 1 atom stereocenters. The van der Waals surface area contributed by atoms with Crippen LogP contribution in [0.15, 0.2) is 6.07 Å². The number of hydrogen-bond donors (Lipinski definition) is 2. The van der Waals surface area contributed by atoms with Gasteiger partial charge in [-0.15, -0.1) is 11.3 Å². The predicted molar refractivity (Wildman–Crippen MR) is 82.5 cm³/mol. The lowest BCUT2D eigenvalue weighted by molar-refractivity contribution is -0.0104. The molecular formula is C16H27NOS. The topological polar surface area (TPSA) is 46.2 Å². The highest BCUT2D eigenvalue weighted by atomic mass is 32.1. The molecule has 108 valence electrons. The van der Waals surface area contributed by atoms with E-state index in [2.05, 4.69) is 26.8 Å². The Kier molecular flexibility index (Phi) is 4.70. The number of aliphatic hydroxyl groups is 1. The molecule has 0 radical (unpaired) electrons. The first-order valence-corrected chi connectivity index (χ1v) is 8.29. The highest BCUT2D eigenvalue weighted by molar-refractivity contribution is 7.12. The van der Waals surface area contributed by atoms with Crippen LogP contribution in [0.25, 0.3) is 0 Å². The van der Waals surface area contributed by atoms with Crippen LogP contribution in [0, 0.1) is 25.2 Å². The van der Waals surface area contributed by atoms with Gasteiger partial charge in [0, 0.05) is 21.7 Å². The summed E-state index contributed by atoms with van der Waals surface area (Å²) < 4.78 is 0. The Hall–Kier alpha value is -0.380. The molecule has 0 amide bonds. The van der Waals surface area contributed by atoms with Gasteiger partial charge in [-0.1, -0.05) is 13.3 Å². The van der Waals surface area contributed by atoms with Gasteiger partial charge in [-0.3, -0.25) is 0 Å². The van der Waals surface area contributed by atoms with E-state index in [1.54, 1.807) is 11.3 Å². The second-order valence-corrected chi connectivity index (χ2v) is 7.65. The van der Waals surface area contributed by atoms with Gasteiger partial charge in [-0.25, -0.2) is 0 Å². The van der Waals surface area contributed by atoms with Gasteiger partial charge in [-0.2, -0.15) is 0 Å². The monoisotopic (exact) mass is 281 g/mol. The number of nitrogens with two attached hydrogens (primary N) is 1. The molecule has 1 aromatic rings. The van der Waals surface area contributed by atoms with Crippen LogP contribution in [0.4, 0.5) is 0 Å². The van der Waals surface area contributed by atoms with Gasteiger partial charge in [0.05, 0.1) is 6.10 Å². The average Bonchev–Trinajstić information content (AvgIpc) is 2.77. The number of aryl methyl sites for hydroxylation is 2. The fraction of sp³-hybridized carbons (Fsp3) is 0.750. The molecule has 0 bridgehead atoms. The van der Waals surface area contributed by atoms with E-state index in [-0.39, 0.29) is 11.5 Å². The van der Waals surface area contributed by atoms with Gasteiger partial charge in [0.2, 0.25) is 0 Å². The first-order chi connectivity index (χ1) is 9.02. The Morgan fingerprint density at radius 3 is 2.47 bits per heavy atom. The fourth-order valence-electron chi connectivity index (χ4n) is 3.50. The molecule has 1 heterocycles. The first-order valence-electron chi connectivity index (χ1n) is 7.47. The summed E-state index contributed by atoms with van der Waals surface area (Å²) in [6.45, 7) is 7.08. The number of rotatable bonds is 4. The molecule has 0 aliphatic heterocycles. The maximum absolute atomic E-state index is 10.9. The SMILES string of the molecule is CCC1CCC(CN)(C(O)c2cc(C)sc2C)CC1. The molecule has 0 spiro atoms. The molecule has 0 aromatic carbocycles. The Balaban J connectivity index is 2.20. The highest BCUT2D eigenvalue weighted by Crippen LogP contribution is 2.48. The van der Waals surface area contributed by atoms with Gasteiger partial charge in [-0.05, 0) is 57.1 Å². The van der Waals surface area contributed by atoms with E-state index >= 15 is 0 Å². The van der Waals surface area contributed by atoms with Gasteiger partial charge in [0.25, 0.3) is 0 Å². The summed E-state index contributed by atoms with van der Waals surface area (Å²) in [5.41, 5.74) is 7.08. The summed E-state index contributed by atoms with van der Waals surface area (Å²) in [6, 6.07) is 2.15. The summed E-state index contributed by atoms with van der Waals surface area (Å²) in [5.74, 6) is 0.831. The van der Waals surface area contributed by atoms with E-state index in [4.69, 9.17) is 5.73 Å². The van der Waals surface area contributed by atoms with Crippen molar-refractivity contribution in [1.82, 2.24) is 0 Å². The van der Waals surface area contributed by atoms with Gasteiger partial charge in [0.1, 0.15) is 0 Å². The lowest BCUT2D eigenvalue weighted by Crippen LogP contribution is -2.40. The third-order valence-electron chi connectivity index (χ3n) is 5.04. The third kappa shape index (κ3) is 2.88. The van der Waals surface area contributed by atoms with Gasteiger partial charge >= 0.3 is 0 Å². The molecule has 0 saturated heterocycles. The molecule has 1 saturated carbocycles. The zero-order chi connectivity index (χ0) is 14.0. The van der Waals surface area contributed by atoms with E-state index in [1.807, 2.05) is 0 Å². The quantitative estimate of drug-likeness (QED) is 0.878. The van der Waals surface area contributed by atoms with Gasteiger partial charge < -0.3 is 10.8 Å². The Labute approximate surface area is 121 Å². The molecule has 1 fully saturated rings.